The number of primary amides is 1. The SMILES string of the molecule is CCc1nc(N)sc1C(=O)N1CCCC(c2nccn2CC(N)=O)C1. The van der Waals surface area contributed by atoms with Crippen LogP contribution in [0.3, 0.4) is 0 Å². The third kappa shape index (κ3) is 3.65. The molecular weight excluding hydrogens is 340 g/mol. The van der Waals surface area contributed by atoms with Gasteiger partial charge in [-0.15, -0.1) is 0 Å². The molecule has 3 rings (SSSR count). The molecule has 8 nitrogen and oxygen atoms in total. The molecule has 4 N–H and O–H groups in total. The van der Waals surface area contributed by atoms with Gasteiger partial charge in [0.25, 0.3) is 5.91 Å². The lowest BCUT2D eigenvalue weighted by Gasteiger charge is -2.32. The topological polar surface area (TPSA) is 120 Å². The van der Waals surface area contributed by atoms with Crippen LogP contribution in [0.1, 0.15) is 46.9 Å². The Balaban J connectivity index is 1.78. The monoisotopic (exact) mass is 362 g/mol. The lowest BCUT2D eigenvalue weighted by atomic mass is 9.96. The Labute approximate surface area is 149 Å². The summed E-state index contributed by atoms with van der Waals surface area (Å²) in [5.41, 5.74) is 11.8. The van der Waals surface area contributed by atoms with Crippen molar-refractivity contribution in [2.75, 3.05) is 18.8 Å². The molecule has 1 saturated heterocycles. The number of nitrogens with two attached hydrogens (primary N) is 2. The van der Waals surface area contributed by atoms with Gasteiger partial charge in [-0.25, -0.2) is 9.97 Å². The first kappa shape index (κ1) is 17.4. The number of thiazole rings is 1. The van der Waals surface area contributed by atoms with Crippen LogP contribution in [0.25, 0.3) is 0 Å². The van der Waals surface area contributed by atoms with E-state index in [1.54, 1.807) is 17.0 Å². The van der Waals surface area contributed by atoms with Crippen molar-refractivity contribution in [2.45, 2.75) is 38.6 Å². The zero-order valence-electron chi connectivity index (χ0n) is 14.1. The highest BCUT2D eigenvalue weighted by Gasteiger charge is 2.30. The van der Waals surface area contributed by atoms with Gasteiger partial charge in [-0.2, -0.15) is 0 Å². The number of aromatic nitrogens is 3. The second kappa shape index (κ2) is 7.22. The first-order chi connectivity index (χ1) is 12.0. The van der Waals surface area contributed by atoms with Crippen LogP contribution in [0.5, 0.6) is 0 Å². The highest BCUT2D eigenvalue weighted by atomic mass is 32.1. The minimum Gasteiger partial charge on any atom is -0.375 e. The number of likely N-dealkylation sites (tertiary alicyclic amines) is 1. The van der Waals surface area contributed by atoms with E-state index in [2.05, 4.69) is 9.97 Å². The summed E-state index contributed by atoms with van der Waals surface area (Å²) in [6.45, 7) is 3.33. The van der Waals surface area contributed by atoms with Gasteiger partial charge in [-0.3, -0.25) is 9.59 Å². The van der Waals surface area contributed by atoms with E-state index in [1.165, 1.54) is 11.3 Å². The van der Waals surface area contributed by atoms with Crippen LogP contribution < -0.4 is 11.5 Å². The van der Waals surface area contributed by atoms with Gasteiger partial charge in [-0.05, 0) is 19.3 Å². The fourth-order valence-corrected chi connectivity index (χ4v) is 4.16. The van der Waals surface area contributed by atoms with E-state index in [0.29, 0.717) is 29.5 Å². The number of nitrogens with zero attached hydrogens (tertiary/aromatic N) is 4. The van der Waals surface area contributed by atoms with Gasteiger partial charge in [0.15, 0.2) is 5.13 Å². The molecule has 0 aromatic carbocycles. The van der Waals surface area contributed by atoms with Gasteiger partial charge in [0, 0.05) is 31.4 Å². The van der Waals surface area contributed by atoms with E-state index in [0.717, 1.165) is 24.4 Å². The zero-order valence-corrected chi connectivity index (χ0v) is 15.0. The molecule has 0 spiro atoms. The summed E-state index contributed by atoms with van der Waals surface area (Å²) >= 11 is 1.24. The number of carbonyl (C=O) groups excluding carboxylic acids is 2. The maximum atomic E-state index is 12.9. The molecule has 1 fully saturated rings. The molecule has 2 aromatic rings. The Hall–Kier alpha value is -2.42. The summed E-state index contributed by atoms with van der Waals surface area (Å²) in [5, 5.41) is 0.422. The van der Waals surface area contributed by atoms with Crippen LogP contribution >= 0.6 is 11.3 Å². The van der Waals surface area contributed by atoms with E-state index < -0.39 is 5.91 Å². The summed E-state index contributed by atoms with van der Waals surface area (Å²) in [5.74, 6) is 0.456. The molecule has 3 heterocycles. The molecule has 0 aliphatic carbocycles. The number of hydrogen-bond acceptors (Lipinski definition) is 6. The number of piperidine rings is 1. The van der Waals surface area contributed by atoms with E-state index in [9.17, 15) is 9.59 Å². The zero-order chi connectivity index (χ0) is 18.0. The Kier molecular flexibility index (Phi) is 5.03. The third-order valence-corrected chi connectivity index (χ3v) is 5.31. The van der Waals surface area contributed by atoms with Crippen LogP contribution in [0, 0.1) is 0 Å². The van der Waals surface area contributed by atoms with E-state index >= 15 is 0 Å². The van der Waals surface area contributed by atoms with Crippen molar-refractivity contribution in [1.29, 1.82) is 0 Å². The molecule has 2 amide bonds. The third-order valence-electron chi connectivity index (χ3n) is 4.39. The normalized spacial score (nSPS) is 17.6. The minimum absolute atomic E-state index is 0.0243. The first-order valence-corrected chi connectivity index (χ1v) is 9.15. The van der Waals surface area contributed by atoms with Crippen molar-refractivity contribution in [3.8, 4) is 0 Å². The molecular formula is C16H22N6O2S. The second-order valence-corrected chi connectivity index (χ2v) is 7.18. The standard InChI is InChI=1S/C16H22N6O2S/c1-2-11-13(25-16(18)20-11)15(24)22-6-3-4-10(8-22)14-19-5-7-21(14)9-12(17)23/h5,7,10H,2-4,6,8-9H2,1H3,(H2,17,23)(H2,18,20). The fourth-order valence-electron chi connectivity index (χ4n) is 3.27. The summed E-state index contributed by atoms with van der Waals surface area (Å²) in [6, 6.07) is 0. The van der Waals surface area contributed by atoms with Gasteiger partial charge in [-0.1, -0.05) is 18.3 Å². The maximum Gasteiger partial charge on any atom is 0.265 e. The van der Waals surface area contributed by atoms with Crippen molar-refractivity contribution < 1.29 is 9.59 Å². The van der Waals surface area contributed by atoms with Crippen molar-refractivity contribution in [2.24, 2.45) is 5.73 Å². The number of imidazole rings is 1. The minimum atomic E-state index is -0.407. The molecule has 0 radical (unpaired) electrons. The molecule has 0 saturated carbocycles. The quantitative estimate of drug-likeness (QED) is 0.822. The lowest BCUT2D eigenvalue weighted by Crippen LogP contribution is -2.40. The Morgan fingerprint density at radius 3 is 2.96 bits per heavy atom. The molecule has 1 aliphatic rings. The summed E-state index contributed by atoms with van der Waals surface area (Å²) in [7, 11) is 0. The molecule has 2 aromatic heterocycles. The number of anilines is 1. The highest BCUT2D eigenvalue weighted by Crippen LogP contribution is 2.29. The first-order valence-electron chi connectivity index (χ1n) is 8.33. The van der Waals surface area contributed by atoms with E-state index in [1.807, 2.05) is 11.8 Å². The summed E-state index contributed by atoms with van der Waals surface area (Å²) in [4.78, 5) is 35.2. The van der Waals surface area contributed by atoms with Crippen LogP contribution in [-0.4, -0.2) is 44.3 Å². The summed E-state index contributed by atoms with van der Waals surface area (Å²) < 4.78 is 1.77. The highest BCUT2D eigenvalue weighted by molar-refractivity contribution is 7.17. The Bertz CT molecular complexity index is 783. The average molecular weight is 362 g/mol. The number of rotatable bonds is 5. The van der Waals surface area contributed by atoms with Crippen molar-refractivity contribution in [3.05, 3.63) is 28.8 Å². The number of hydrogen-bond donors (Lipinski definition) is 2. The largest absolute Gasteiger partial charge is 0.375 e. The molecule has 1 aliphatic heterocycles. The molecule has 25 heavy (non-hydrogen) atoms. The number of aryl methyl sites for hydroxylation is 1. The lowest BCUT2D eigenvalue weighted by molar-refractivity contribution is -0.118. The number of amides is 2. The predicted molar refractivity (Wildman–Crippen MR) is 95.2 cm³/mol. The number of nitrogen functional groups attached to an aromatic ring is 1. The van der Waals surface area contributed by atoms with Gasteiger partial charge >= 0.3 is 0 Å². The smallest absolute Gasteiger partial charge is 0.265 e. The molecule has 1 atom stereocenters. The Morgan fingerprint density at radius 1 is 1.44 bits per heavy atom. The van der Waals surface area contributed by atoms with Crippen LogP contribution in [-0.2, 0) is 17.8 Å². The molecule has 0 bridgehead atoms. The van der Waals surface area contributed by atoms with Crippen LogP contribution in [0.4, 0.5) is 5.13 Å². The van der Waals surface area contributed by atoms with Gasteiger partial charge in [0.1, 0.15) is 17.2 Å². The second-order valence-electron chi connectivity index (χ2n) is 6.15. The molecule has 9 heteroatoms. The summed E-state index contributed by atoms with van der Waals surface area (Å²) in [6.07, 6.45) is 5.90. The van der Waals surface area contributed by atoms with E-state index in [4.69, 9.17) is 11.5 Å². The molecule has 134 valence electrons. The molecule has 1 unspecified atom stereocenters. The maximum absolute atomic E-state index is 12.9. The fraction of sp³-hybridized carbons (Fsp3) is 0.500. The van der Waals surface area contributed by atoms with Crippen molar-refractivity contribution >= 4 is 28.3 Å². The van der Waals surface area contributed by atoms with Crippen molar-refractivity contribution in [1.82, 2.24) is 19.4 Å². The average Bonchev–Trinajstić information content (AvgIpc) is 3.20. The Morgan fingerprint density at radius 2 is 2.24 bits per heavy atom. The van der Waals surface area contributed by atoms with Crippen LogP contribution in [0.2, 0.25) is 0 Å². The van der Waals surface area contributed by atoms with Gasteiger partial charge in [0.05, 0.1) is 5.69 Å². The van der Waals surface area contributed by atoms with E-state index in [-0.39, 0.29) is 18.4 Å². The predicted octanol–water partition coefficient (Wildman–Crippen LogP) is 0.989. The number of carbonyl (C=O) groups is 2. The van der Waals surface area contributed by atoms with Crippen molar-refractivity contribution in [3.63, 3.8) is 0 Å². The van der Waals surface area contributed by atoms with Crippen LogP contribution in [0.15, 0.2) is 12.4 Å². The van der Waals surface area contributed by atoms with Gasteiger partial charge in [0.2, 0.25) is 5.91 Å². The van der Waals surface area contributed by atoms with Gasteiger partial charge < -0.3 is 20.9 Å².